The van der Waals surface area contributed by atoms with Gasteiger partial charge in [-0.05, 0) is 25.8 Å². The van der Waals surface area contributed by atoms with E-state index in [4.69, 9.17) is 18.9 Å². The minimum absolute atomic E-state index is 0.260. The highest BCUT2D eigenvalue weighted by molar-refractivity contribution is 5.55. The molecule has 2 aromatic rings. The lowest BCUT2D eigenvalue weighted by molar-refractivity contribution is 0.0671. The second-order valence-corrected chi connectivity index (χ2v) is 6.77. The Morgan fingerprint density at radius 1 is 1.15 bits per heavy atom. The molecule has 1 fully saturated rings. The summed E-state index contributed by atoms with van der Waals surface area (Å²) in [7, 11) is 4.91. The minimum atomic E-state index is 0.260. The van der Waals surface area contributed by atoms with Gasteiger partial charge in [0, 0.05) is 37.5 Å². The maximum atomic E-state index is 5.86. The van der Waals surface area contributed by atoms with Crippen molar-refractivity contribution in [3.63, 3.8) is 0 Å². The van der Waals surface area contributed by atoms with E-state index in [-0.39, 0.29) is 6.10 Å². The Hall–Kier alpha value is -2.25. The fourth-order valence-corrected chi connectivity index (χ4v) is 3.55. The molecule has 1 atom stereocenters. The molecule has 1 saturated heterocycles. The Balaban J connectivity index is 1.85. The van der Waals surface area contributed by atoms with Gasteiger partial charge in [0.25, 0.3) is 0 Å². The first-order valence-corrected chi connectivity index (χ1v) is 9.26. The second-order valence-electron chi connectivity index (χ2n) is 6.77. The van der Waals surface area contributed by atoms with Gasteiger partial charge < -0.3 is 23.9 Å². The number of benzene rings is 1. The minimum Gasteiger partial charge on any atom is -0.493 e. The molecule has 148 valence electrons. The maximum absolute atomic E-state index is 5.86. The Morgan fingerprint density at radius 2 is 1.96 bits per heavy atom. The fourth-order valence-electron chi connectivity index (χ4n) is 3.55. The van der Waals surface area contributed by atoms with E-state index in [1.54, 1.807) is 27.7 Å². The number of nitrogens with one attached hydrogen (secondary N) is 1. The van der Waals surface area contributed by atoms with E-state index in [0.717, 1.165) is 49.5 Å². The fraction of sp³-hybridized carbons (Fsp3) is 0.550. The summed E-state index contributed by atoms with van der Waals surface area (Å²) < 4.78 is 22.4. The van der Waals surface area contributed by atoms with Crippen LogP contribution in [-0.2, 0) is 17.8 Å². The van der Waals surface area contributed by atoms with Gasteiger partial charge in [-0.3, -0.25) is 4.90 Å². The van der Waals surface area contributed by atoms with Crippen molar-refractivity contribution in [3.05, 3.63) is 35.4 Å². The third-order valence-electron chi connectivity index (χ3n) is 4.97. The van der Waals surface area contributed by atoms with Crippen LogP contribution < -0.4 is 14.2 Å². The first-order valence-electron chi connectivity index (χ1n) is 9.26. The molecular formula is C20H29N3O4. The number of H-pyrrole nitrogens is 1. The number of hydrogen-bond acceptors (Lipinski definition) is 6. The van der Waals surface area contributed by atoms with Crippen molar-refractivity contribution in [3.8, 4) is 17.2 Å². The predicted molar refractivity (Wildman–Crippen MR) is 103 cm³/mol. The van der Waals surface area contributed by atoms with Crippen LogP contribution >= 0.6 is 0 Å². The van der Waals surface area contributed by atoms with Crippen molar-refractivity contribution in [1.29, 1.82) is 0 Å². The monoisotopic (exact) mass is 375 g/mol. The number of nitrogens with zero attached hydrogens (tertiary/aromatic N) is 2. The van der Waals surface area contributed by atoms with Crippen LogP contribution in [0.3, 0.4) is 0 Å². The zero-order valence-corrected chi connectivity index (χ0v) is 16.6. The van der Waals surface area contributed by atoms with E-state index in [2.05, 4.69) is 14.9 Å². The van der Waals surface area contributed by atoms with Crippen molar-refractivity contribution < 1.29 is 18.9 Å². The van der Waals surface area contributed by atoms with E-state index >= 15 is 0 Å². The molecule has 0 radical (unpaired) electrons. The summed E-state index contributed by atoms with van der Waals surface area (Å²) >= 11 is 0. The molecule has 0 aliphatic carbocycles. The van der Waals surface area contributed by atoms with Crippen LogP contribution in [0, 0.1) is 6.92 Å². The van der Waals surface area contributed by atoms with Crippen molar-refractivity contribution in [1.82, 2.24) is 14.9 Å². The maximum Gasteiger partial charge on any atom is 0.203 e. The summed E-state index contributed by atoms with van der Waals surface area (Å²) in [5.41, 5.74) is 3.18. The van der Waals surface area contributed by atoms with Crippen LogP contribution in [0.1, 0.15) is 29.8 Å². The van der Waals surface area contributed by atoms with Crippen molar-refractivity contribution in [2.75, 3.05) is 34.5 Å². The zero-order valence-electron chi connectivity index (χ0n) is 16.6. The number of ether oxygens (including phenoxy) is 4. The average molecular weight is 375 g/mol. The zero-order chi connectivity index (χ0) is 19.2. The molecule has 2 heterocycles. The molecule has 1 aromatic heterocycles. The highest BCUT2D eigenvalue weighted by Gasteiger charge is 2.23. The topological polar surface area (TPSA) is 68.8 Å². The SMILES string of the molecule is COc1ccc(CN(Cc2nc[nH]c2C)C[C@H]2CCCO2)c(OC)c1OC. The van der Waals surface area contributed by atoms with Crippen LogP contribution in [0.2, 0.25) is 0 Å². The molecule has 27 heavy (non-hydrogen) atoms. The van der Waals surface area contributed by atoms with Crippen LogP contribution in [0.15, 0.2) is 18.5 Å². The quantitative estimate of drug-likeness (QED) is 0.727. The van der Waals surface area contributed by atoms with Gasteiger partial charge in [0.05, 0.1) is 39.5 Å². The summed E-state index contributed by atoms with van der Waals surface area (Å²) in [6, 6.07) is 3.95. The molecule has 7 heteroatoms. The first kappa shape index (κ1) is 19.5. The molecule has 1 N–H and O–H groups in total. The standard InChI is InChI=1S/C20H29N3O4/c1-14-17(22-13-21-14)12-23(11-16-6-5-9-27-16)10-15-7-8-18(24-2)20(26-4)19(15)25-3/h7-8,13,16H,5-6,9-12H2,1-4H3,(H,21,22)/t16-/m1/s1. The van der Waals surface area contributed by atoms with Crippen molar-refractivity contribution in [2.45, 2.75) is 39.0 Å². The van der Waals surface area contributed by atoms with Crippen LogP contribution in [0.25, 0.3) is 0 Å². The molecule has 1 aromatic carbocycles. The molecule has 0 spiro atoms. The lowest BCUT2D eigenvalue weighted by Gasteiger charge is -2.26. The lowest BCUT2D eigenvalue weighted by Crippen LogP contribution is -2.32. The van der Waals surface area contributed by atoms with E-state index in [1.807, 2.05) is 19.1 Å². The van der Waals surface area contributed by atoms with E-state index in [1.165, 1.54) is 0 Å². The lowest BCUT2D eigenvalue weighted by atomic mass is 10.1. The van der Waals surface area contributed by atoms with Gasteiger partial charge in [-0.1, -0.05) is 6.07 Å². The molecule has 1 aliphatic rings. The van der Waals surface area contributed by atoms with Gasteiger partial charge in [-0.15, -0.1) is 0 Å². The molecule has 0 saturated carbocycles. The van der Waals surface area contributed by atoms with Crippen molar-refractivity contribution >= 4 is 0 Å². The summed E-state index contributed by atoms with van der Waals surface area (Å²) in [5.74, 6) is 1.98. The summed E-state index contributed by atoms with van der Waals surface area (Å²) in [4.78, 5) is 9.97. The number of aromatic nitrogens is 2. The smallest absolute Gasteiger partial charge is 0.203 e. The number of aryl methyl sites for hydroxylation is 1. The number of imidazole rings is 1. The number of aromatic amines is 1. The molecule has 1 aliphatic heterocycles. The van der Waals surface area contributed by atoms with Crippen LogP contribution in [-0.4, -0.2) is 55.5 Å². The number of rotatable bonds is 9. The van der Waals surface area contributed by atoms with Gasteiger partial charge in [0.2, 0.25) is 5.75 Å². The largest absolute Gasteiger partial charge is 0.493 e. The molecule has 0 amide bonds. The van der Waals surface area contributed by atoms with Gasteiger partial charge in [-0.2, -0.15) is 0 Å². The van der Waals surface area contributed by atoms with Gasteiger partial charge in [-0.25, -0.2) is 4.98 Å². The highest BCUT2D eigenvalue weighted by Crippen LogP contribution is 2.40. The van der Waals surface area contributed by atoms with Gasteiger partial charge in [0.15, 0.2) is 11.5 Å². The Kier molecular flexibility index (Phi) is 6.58. The molecule has 3 rings (SSSR count). The summed E-state index contributed by atoms with van der Waals surface area (Å²) in [6.45, 7) is 5.19. The van der Waals surface area contributed by atoms with Crippen molar-refractivity contribution in [2.24, 2.45) is 0 Å². The van der Waals surface area contributed by atoms with Gasteiger partial charge in [0.1, 0.15) is 0 Å². The summed E-state index contributed by atoms with van der Waals surface area (Å²) in [5, 5.41) is 0. The van der Waals surface area contributed by atoms with E-state index in [9.17, 15) is 0 Å². The Morgan fingerprint density at radius 3 is 2.56 bits per heavy atom. The molecular weight excluding hydrogens is 346 g/mol. The normalized spacial score (nSPS) is 16.7. The molecule has 0 unspecified atom stereocenters. The van der Waals surface area contributed by atoms with E-state index in [0.29, 0.717) is 23.8 Å². The Labute approximate surface area is 160 Å². The third-order valence-corrected chi connectivity index (χ3v) is 4.97. The average Bonchev–Trinajstić information content (AvgIpc) is 3.33. The third kappa shape index (κ3) is 4.54. The summed E-state index contributed by atoms with van der Waals surface area (Å²) in [6.07, 6.45) is 4.22. The highest BCUT2D eigenvalue weighted by atomic mass is 16.5. The first-order chi connectivity index (χ1) is 13.2. The van der Waals surface area contributed by atoms with Crippen LogP contribution in [0.4, 0.5) is 0 Å². The van der Waals surface area contributed by atoms with E-state index < -0.39 is 0 Å². The Bertz CT molecular complexity index is 741. The molecule has 0 bridgehead atoms. The molecule has 7 nitrogen and oxygen atoms in total. The number of hydrogen-bond donors (Lipinski definition) is 1. The van der Waals surface area contributed by atoms with Gasteiger partial charge >= 0.3 is 0 Å². The number of methoxy groups -OCH3 is 3. The second kappa shape index (κ2) is 9.10. The van der Waals surface area contributed by atoms with Crippen LogP contribution in [0.5, 0.6) is 17.2 Å². The predicted octanol–water partition coefficient (Wildman–Crippen LogP) is 2.93.